The van der Waals surface area contributed by atoms with Crippen LogP contribution in [0.25, 0.3) is 0 Å². The van der Waals surface area contributed by atoms with Crippen LogP contribution in [0.1, 0.15) is 29.3 Å². The van der Waals surface area contributed by atoms with Gasteiger partial charge >= 0.3 is 0 Å². The first-order valence-electron chi connectivity index (χ1n) is 7.02. The van der Waals surface area contributed by atoms with Crippen LogP contribution >= 0.6 is 0 Å². The summed E-state index contributed by atoms with van der Waals surface area (Å²) in [6.07, 6.45) is 8.01. The Bertz CT molecular complexity index is 608. The summed E-state index contributed by atoms with van der Waals surface area (Å²) in [6, 6.07) is 1.75. The predicted molar refractivity (Wildman–Crippen MR) is 82.0 cm³/mol. The van der Waals surface area contributed by atoms with Crippen LogP contribution in [-0.2, 0) is 13.6 Å². The lowest BCUT2D eigenvalue weighted by Gasteiger charge is -2.18. The van der Waals surface area contributed by atoms with Gasteiger partial charge in [0.1, 0.15) is 0 Å². The molecule has 0 unspecified atom stereocenters. The maximum Gasteiger partial charge on any atom is 0.256 e. The van der Waals surface area contributed by atoms with Crippen LogP contribution in [0.15, 0.2) is 30.9 Å². The van der Waals surface area contributed by atoms with E-state index < -0.39 is 0 Å². The smallest absolute Gasteiger partial charge is 0.256 e. The number of amides is 1. The Kier molecular flexibility index (Phi) is 4.92. The molecular weight excluding hydrogens is 266 g/mol. The van der Waals surface area contributed by atoms with Gasteiger partial charge in [0, 0.05) is 45.1 Å². The van der Waals surface area contributed by atoms with Crippen molar-refractivity contribution in [2.75, 3.05) is 18.9 Å². The van der Waals surface area contributed by atoms with E-state index in [0.29, 0.717) is 12.1 Å². The first-order chi connectivity index (χ1) is 10.1. The molecule has 6 nitrogen and oxygen atoms in total. The Balaban J connectivity index is 2.11. The maximum absolute atomic E-state index is 12.6. The third-order valence-electron chi connectivity index (χ3n) is 3.14. The molecule has 1 amide bonds. The van der Waals surface area contributed by atoms with Crippen molar-refractivity contribution < 1.29 is 4.79 Å². The zero-order valence-electron chi connectivity index (χ0n) is 12.7. The van der Waals surface area contributed by atoms with Crippen molar-refractivity contribution in [2.24, 2.45) is 7.05 Å². The molecule has 0 aliphatic rings. The van der Waals surface area contributed by atoms with Crippen LogP contribution in [0.2, 0.25) is 0 Å². The van der Waals surface area contributed by atoms with Crippen LogP contribution in [-0.4, -0.2) is 39.2 Å². The Morgan fingerprint density at radius 2 is 2.24 bits per heavy atom. The van der Waals surface area contributed by atoms with Crippen LogP contribution in [0.3, 0.4) is 0 Å². The van der Waals surface area contributed by atoms with E-state index in [-0.39, 0.29) is 5.91 Å². The number of aromatic nitrogens is 3. The van der Waals surface area contributed by atoms with Crippen LogP contribution in [0, 0.1) is 0 Å². The molecule has 1 N–H and O–H groups in total. The number of nitrogens with one attached hydrogen (secondary N) is 1. The summed E-state index contributed by atoms with van der Waals surface area (Å²) in [6.45, 7) is 3.43. The van der Waals surface area contributed by atoms with Gasteiger partial charge in [0.2, 0.25) is 0 Å². The summed E-state index contributed by atoms with van der Waals surface area (Å²) < 4.78 is 1.73. The summed E-state index contributed by atoms with van der Waals surface area (Å²) in [7, 11) is 3.65. The minimum atomic E-state index is -0.0279. The molecule has 0 atom stereocenters. The molecule has 112 valence electrons. The molecular formula is C15H21N5O. The van der Waals surface area contributed by atoms with Crippen molar-refractivity contribution in [1.29, 1.82) is 0 Å². The molecule has 2 heterocycles. The molecule has 0 saturated heterocycles. The van der Waals surface area contributed by atoms with E-state index in [9.17, 15) is 4.79 Å². The van der Waals surface area contributed by atoms with E-state index in [1.807, 2.05) is 13.2 Å². The van der Waals surface area contributed by atoms with E-state index in [1.165, 1.54) is 0 Å². The summed E-state index contributed by atoms with van der Waals surface area (Å²) in [4.78, 5) is 18.3. The summed E-state index contributed by atoms with van der Waals surface area (Å²) in [5, 5.41) is 7.36. The minimum Gasteiger partial charge on any atom is -0.383 e. The molecule has 2 aromatic rings. The van der Waals surface area contributed by atoms with Gasteiger partial charge in [-0.1, -0.05) is 6.92 Å². The van der Waals surface area contributed by atoms with Crippen LogP contribution in [0.5, 0.6) is 0 Å². The minimum absolute atomic E-state index is 0.0279. The van der Waals surface area contributed by atoms with Crippen molar-refractivity contribution in [3.05, 3.63) is 42.0 Å². The van der Waals surface area contributed by atoms with Gasteiger partial charge < -0.3 is 10.2 Å². The van der Waals surface area contributed by atoms with Crippen molar-refractivity contribution >= 4 is 11.6 Å². The van der Waals surface area contributed by atoms with Crippen molar-refractivity contribution in [3.63, 3.8) is 0 Å². The normalized spacial score (nSPS) is 10.4. The number of carbonyl (C=O) groups is 1. The van der Waals surface area contributed by atoms with Crippen molar-refractivity contribution in [1.82, 2.24) is 19.7 Å². The highest BCUT2D eigenvalue weighted by Gasteiger charge is 2.16. The highest BCUT2D eigenvalue weighted by Crippen LogP contribution is 2.16. The third-order valence-corrected chi connectivity index (χ3v) is 3.14. The first-order valence-corrected chi connectivity index (χ1v) is 7.02. The van der Waals surface area contributed by atoms with Crippen LogP contribution in [0.4, 0.5) is 5.69 Å². The molecule has 0 radical (unpaired) electrons. The lowest BCUT2D eigenvalue weighted by molar-refractivity contribution is 0.0786. The number of aryl methyl sites for hydroxylation is 1. The molecule has 21 heavy (non-hydrogen) atoms. The largest absolute Gasteiger partial charge is 0.383 e. The summed E-state index contributed by atoms with van der Waals surface area (Å²) in [5.41, 5.74) is 2.43. The molecule has 0 spiro atoms. The van der Waals surface area contributed by atoms with E-state index in [0.717, 1.165) is 24.2 Å². The van der Waals surface area contributed by atoms with Crippen molar-refractivity contribution in [2.45, 2.75) is 19.9 Å². The Morgan fingerprint density at radius 1 is 1.43 bits per heavy atom. The van der Waals surface area contributed by atoms with E-state index in [4.69, 9.17) is 0 Å². The second kappa shape index (κ2) is 6.88. The zero-order chi connectivity index (χ0) is 15.2. The standard InChI is InChI=1S/C15H21N5O/c1-4-6-17-14-9-16-7-5-13(14)15(21)19(2)10-12-8-18-20(3)11-12/h5,7-9,11,17H,4,6,10H2,1-3H3. The van der Waals surface area contributed by atoms with E-state index in [1.54, 1.807) is 41.3 Å². The molecule has 0 bridgehead atoms. The second-order valence-electron chi connectivity index (χ2n) is 5.03. The Morgan fingerprint density at radius 3 is 2.90 bits per heavy atom. The lowest BCUT2D eigenvalue weighted by Crippen LogP contribution is -2.27. The number of rotatable bonds is 6. The average molecular weight is 287 g/mol. The monoisotopic (exact) mass is 287 g/mol. The molecule has 6 heteroatoms. The number of nitrogens with zero attached hydrogens (tertiary/aromatic N) is 4. The number of hydrogen-bond acceptors (Lipinski definition) is 4. The highest BCUT2D eigenvalue weighted by molar-refractivity contribution is 5.99. The molecule has 0 aliphatic heterocycles. The molecule has 2 aromatic heterocycles. The van der Waals surface area contributed by atoms with E-state index in [2.05, 4.69) is 22.3 Å². The fraction of sp³-hybridized carbons (Fsp3) is 0.400. The molecule has 0 fully saturated rings. The fourth-order valence-corrected chi connectivity index (χ4v) is 2.09. The van der Waals surface area contributed by atoms with Gasteiger partial charge in [-0.2, -0.15) is 5.10 Å². The van der Waals surface area contributed by atoms with Gasteiger partial charge in [-0.15, -0.1) is 0 Å². The summed E-state index contributed by atoms with van der Waals surface area (Å²) in [5.74, 6) is -0.0279. The molecule has 2 rings (SSSR count). The Labute approximate surface area is 124 Å². The van der Waals surface area contributed by atoms with Gasteiger partial charge in [0.05, 0.1) is 23.6 Å². The summed E-state index contributed by atoms with van der Waals surface area (Å²) >= 11 is 0. The number of pyridine rings is 1. The molecule has 0 aromatic carbocycles. The number of carbonyl (C=O) groups excluding carboxylic acids is 1. The molecule has 0 aliphatic carbocycles. The van der Waals surface area contributed by atoms with Gasteiger partial charge in [-0.05, 0) is 12.5 Å². The highest BCUT2D eigenvalue weighted by atomic mass is 16.2. The quantitative estimate of drug-likeness (QED) is 0.881. The molecule has 0 saturated carbocycles. The maximum atomic E-state index is 12.6. The lowest BCUT2D eigenvalue weighted by atomic mass is 10.2. The second-order valence-corrected chi connectivity index (χ2v) is 5.03. The average Bonchev–Trinajstić information content (AvgIpc) is 2.89. The van der Waals surface area contributed by atoms with Crippen molar-refractivity contribution in [3.8, 4) is 0 Å². The SMILES string of the molecule is CCCNc1cnccc1C(=O)N(C)Cc1cnn(C)c1. The number of anilines is 1. The Hall–Kier alpha value is -2.37. The van der Waals surface area contributed by atoms with E-state index >= 15 is 0 Å². The third kappa shape index (κ3) is 3.81. The topological polar surface area (TPSA) is 63.1 Å². The predicted octanol–water partition coefficient (Wildman–Crippen LogP) is 1.91. The van der Waals surface area contributed by atoms with Gasteiger partial charge in [0.25, 0.3) is 5.91 Å². The van der Waals surface area contributed by atoms with Gasteiger partial charge in [0.15, 0.2) is 0 Å². The first kappa shape index (κ1) is 15.0. The van der Waals surface area contributed by atoms with Gasteiger partial charge in [-0.3, -0.25) is 14.5 Å². The zero-order valence-corrected chi connectivity index (χ0v) is 12.7. The number of hydrogen-bond donors (Lipinski definition) is 1. The van der Waals surface area contributed by atoms with Crippen LogP contribution < -0.4 is 5.32 Å². The fourth-order valence-electron chi connectivity index (χ4n) is 2.09. The van der Waals surface area contributed by atoms with Gasteiger partial charge in [-0.25, -0.2) is 0 Å².